The van der Waals surface area contributed by atoms with Crippen LogP contribution in [0.5, 0.6) is 23.0 Å². The first-order valence-corrected chi connectivity index (χ1v) is 9.33. The second kappa shape index (κ2) is 9.00. The largest absolute Gasteiger partial charge is 0.457 e. The zero-order valence-electron chi connectivity index (χ0n) is 16.0. The first-order chi connectivity index (χ1) is 14.7. The Morgan fingerprint density at radius 3 is 2.53 bits per heavy atom. The SMILES string of the molecule is O=C(COC(=O)c1cccc(Oc2ccccc2)c1)NCc1ccc2c(c1)OCO2. The Balaban J connectivity index is 1.27. The van der Waals surface area contributed by atoms with Gasteiger partial charge in [-0.2, -0.15) is 0 Å². The lowest BCUT2D eigenvalue weighted by Crippen LogP contribution is -2.28. The van der Waals surface area contributed by atoms with Crippen LogP contribution in [0.2, 0.25) is 0 Å². The van der Waals surface area contributed by atoms with E-state index < -0.39 is 11.9 Å². The number of nitrogens with one attached hydrogen (secondary N) is 1. The van der Waals surface area contributed by atoms with E-state index in [1.165, 1.54) is 0 Å². The van der Waals surface area contributed by atoms with Crippen molar-refractivity contribution in [3.8, 4) is 23.0 Å². The molecular formula is C23H19NO6. The van der Waals surface area contributed by atoms with Crippen molar-refractivity contribution in [3.63, 3.8) is 0 Å². The third-order valence-electron chi connectivity index (χ3n) is 4.31. The van der Waals surface area contributed by atoms with Gasteiger partial charge in [0.1, 0.15) is 11.5 Å². The Morgan fingerprint density at radius 1 is 0.867 bits per heavy atom. The number of carbonyl (C=O) groups is 2. The lowest BCUT2D eigenvalue weighted by Gasteiger charge is -2.09. The molecule has 0 fully saturated rings. The van der Waals surface area contributed by atoms with Crippen LogP contribution in [-0.2, 0) is 16.1 Å². The van der Waals surface area contributed by atoms with Crippen LogP contribution in [-0.4, -0.2) is 25.3 Å². The molecule has 0 unspecified atom stereocenters. The fraction of sp³-hybridized carbons (Fsp3) is 0.130. The molecule has 0 aliphatic carbocycles. The van der Waals surface area contributed by atoms with E-state index in [2.05, 4.69) is 5.32 Å². The highest BCUT2D eigenvalue weighted by atomic mass is 16.7. The van der Waals surface area contributed by atoms with Crippen molar-refractivity contribution in [1.29, 1.82) is 0 Å². The first-order valence-electron chi connectivity index (χ1n) is 9.33. The molecule has 7 heteroatoms. The third-order valence-corrected chi connectivity index (χ3v) is 4.31. The molecule has 0 bridgehead atoms. The van der Waals surface area contributed by atoms with Crippen molar-refractivity contribution in [1.82, 2.24) is 5.32 Å². The predicted molar refractivity (Wildman–Crippen MR) is 108 cm³/mol. The van der Waals surface area contributed by atoms with Gasteiger partial charge in [0.05, 0.1) is 5.56 Å². The van der Waals surface area contributed by atoms with E-state index >= 15 is 0 Å². The van der Waals surface area contributed by atoms with E-state index in [9.17, 15) is 9.59 Å². The molecule has 0 radical (unpaired) electrons. The zero-order chi connectivity index (χ0) is 20.8. The average Bonchev–Trinajstić information content (AvgIpc) is 3.25. The normalized spacial score (nSPS) is 11.6. The number of carbonyl (C=O) groups excluding carboxylic acids is 2. The molecule has 152 valence electrons. The maximum atomic E-state index is 12.3. The Labute approximate surface area is 173 Å². The van der Waals surface area contributed by atoms with E-state index in [0.29, 0.717) is 28.6 Å². The van der Waals surface area contributed by atoms with Gasteiger partial charge >= 0.3 is 5.97 Å². The molecule has 1 aliphatic rings. The molecule has 4 rings (SSSR count). The maximum Gasteiger partial charge on any atom is 0.338 e. The third kappa shape index (κ3) is 4.88. The topological polar surface area (TPSA) is 83.1 Å². The molecule has 0 aromatic heterocycles. The van der Waals surface area contributed by atoms with Crippen LogP contribution >= 0.6 is 0 Å². The highest BCUT2D eigenvalue weighted by molar-refractivity contribution is 5.91. The van der Waals surface area contributed by atoms with Crippen LogP contribution in [0.1, 0.15) is 15.9 Å². The number of esters is 1. The Bertz CT molecular complexity index is 1050. The molecule has 0 atom stereocenters. The van der Waals surface area contributed by atoms with Crippen LogP contribution in [0.4, 0.5) is 0 Å². The van der Waals surface area contributed by atoms with Crippen LogP contribution < -0.4 is 19.5 Å². The Morgan fingerprint density at radius 2 is 1.67 bits per heavy atom. The summed E-state index contributed by atoms with van der Waals surface area (Å²) in [5.74, 6) is 1.47. The molecule has 3 aromatic carbocycles. The van der Waals surface area contributed by atoms with E-state index in [1.54, 1.807) is 36.4 Å². The van der Waals surface area contributed by atoms with Crippen LogP contribution in [0.15, 0.2) is 72.8 Å². The number of para-hydroxylation sites is 1. The highest BCUT2D eigenvalue weighted by Crippen LogP contribution is 2.32. The van der Waals surface area contributed by atoms with Gasteiger partial charge in [-0.25, -0.2) is 4.79 Å². The number of hydrogen-bond donors (Lipinski definition) is 1. The van der Waals surface area contributed by atoms with Gasteiger partial charge in [-0.05, 0) is 48.0 Å². The van der Waals surface area contributed by atoms with Crippen LogP contribution in [0.3, 0.4) is 0 Å². The van der Waals surface area contributed by atoms with Crippen LogP contribution in [0.25, 0.3) is 0 Å². The smallest absolute Gasteiger partial charge is 0.338 e. The lowest BCUT2D eigenvalue weighted by molar-refractivity contribution is -0.124. The molecule has 30 heavy (non-hydrogen) atoms. The molecular weight excluding hydrogens is 386 g/mol. The van der Waals surface area contributed by atoms with Gasteiger partial charge in [-0.15, -0.1) is 0 Å². The molecule has 1 heterocycles. The van der Waals surface area contributed by atoms with Gasteiger partial charge < -0.3 is 24.3 Å². The van der Waals surface area contributed by atoms with E-state index in [-0.39, 0.29) is 19.9 Å². The quantitative estimate of drug-likeness (QED) is 0.604. The second-order valence-corrected chi connectivity index (χ2v) is 6.48. The van der Waals surface area contributed by atoms with Crippen molar-refractivity contribution >= 4 is 11.9 Å². The maximum absolute atomic E-state index is 12.3. The van der Waals surface area contributed by atoms with Gasteiger partial charge in [-0.1, -0.05) is 30.3 Å². The summed E-state index contributed by atoms with van der Waals surface area (Å²) in [4.78, 5) is 24.3. The molecule has 3 aromatic rings. The van der Waals surface area contributed by atoms with E-state index in [0.717, 1.165) is 5.56 Å². The van der Waals surface area contributed by atoms with Crippen molar-refractivity contribution in [2.24, 2.45) is 0 Å². The summed E-state index contributed by atoms with van der Waals surface area (Å²) < 4.78 is 21.4. The second-order valence-electron chi connectivity index (χ2n) is 6.48. The average molecular weight is 405 g/mol. The summed E-state index contributed by atoms with van der Waals surface area (Å²) in [5.41, 5.74) is 1.15. The van der Waals surface area contributed by atoms with E-state index in [1.807, 2.05) is 36.4 Å². The Hall–Kier alpha value is -4.00. The summed E-state index contributed by atoms with van der Waals surface area (Å²) >= 11 is 0. The molecule has 7 nitrogen and oxygen atoms in total. The first kappa shape index (κ1) is 19.3. The minimum Gasteiger partial charge on any atom is -0.457 e. The summed E-state index contributed by atoms with van der Waals surface area (Å²) in [5, 5.41) is 2.70. The van der Waals surface area contributed by atoms with Gasteiger partial charge in [0.25, 0.3) is 5.91 Å². The lowest BCUT2D eigenvalue weighted by atomic mass is 10.2. The fourth-order valence-electron chi connectivity index (χ4n) is 2.83. The van der Waals surface area contributed by atoms with Gasteiger partial charge in [0, 0.05) is 6.54 Å². The zero-order valence-corrected chi connectivity index (χ0v) is 16.0. The summed E-state index contributed by atoms with van der Waals surface area (Å²) in [6, 6.07) is 21.2. The van der Waals surface area contributed by atoms with Crippen molar-refractivity contribution in [3.05, 3.63) is 83.9 Å². The molecule has 0 saturated heterocycles. The summed E-state index contributed by atoms with van der Waals surface area (Å²) in [6.07, 6.45) is 0. The molecule has 1 amide bonds. The standard InChI is InChI=1S/C23H19NO6/c25-22(24-13-16-9-10-20-21(11-16)29-15-28-20)14-27-23(26)17-5-4-8-19(12-17)30-18-6-2-1-3-7-18/h1-12H,13-15H2,(H,24,25). The highest BCUT2D eigenvalue weighted by Gasteiger charge is 2.14. The van der Waals surface area contributed by atoms with Gasteiger partial charge in [0.15, 0.2) is 18.1 Å². The fourth-order valence-corrected chi connectivity index (χ4v) is 2.83. The molecule has 1 aliphatic heterocycles. The number of amides is 1. The summed E-state index contributed by atoms with van der Waals surface area (Å²) in [6.45, 7) is 0.0965. The Kier molecular flexibility index (Phi) is 5.80. The van der Waals surface area contributed by atoms with Crippen molar-refractivity contribution in [2.75, 3.05) is 13.4 Å². The van der Waals surface area contributed by atoms with E-state index in [4.69, 9.17) is 18.9 Å². The number of hydrogen-bond acceptors (Lipinski definition) is 6. The van der Waals surface area contributed by atoms with Gasteiger partial charge in [0.2, 0.25) is 6.79 Å². The minimum atomic E-state index is -0.605. The number of rotatable bonds is 7. The summed E-state index contributed by atoms with van der Waals surface area (Å²) in [7, 11) is 0. The minimum absolute atomic E-state index is 0.193. The van der Waals surface area contributed by atoms with Crippen molar-refractivity contribution in [2.45, 2.75) is 6.54 Å². The molecule has 0 saturated carbocycles. The molecule has 0 spiro atoms. The van der Waals surface area contributed by atoms with Gasteiger partial charge in [-0.3, -0.25) is 4.79 Å². The number of ether oxygens (including phenoxy) is 4. The number of benzene rings is 3. The van der Waals surface area contributed by atoms with Crippen LogP contribution in [0, 0.1) is 0 Å². The predicted octanol–water partition coefficient (Wildman–Crippen LogP) is 3.68. The number of fused-ring (bicyclic) bond motifs is 1. The molecule has 1 N–H and O–H groups in total. The monoisotopic (exact) mass is 405 g/mol. The van der Waals surface area contributed by atoms with Crippen molar-refractivity contribution < 1.29 is 28.5 Å².